The minimum absolute atomic E-state index is 0.121. The number of hydrogen-bond donors (Lipinski definition) is 6. The van der Waals surface area contributed by atoms with E-state index in [2.05, 4.69) is 10.5 Å². The fourth-order valence-corrected chi connectivity index (χ4v) is 5.58. The van der Waals surface area contributed by atoms with Crippen LogP contribution in [0.25, 0.3) is 6.08 Å². The SMILES string of the molecule is CC(=Cc1ccc(O[C@H]2C[C@H](O)[C@@H](C(C)=NOCc3ccc(Cl)cc3F)O2)c(N)c1)C(=O)N[C@@H]1[C@H](O)[C@@H](O)[C@H]2OCO[C@H]2[C@@H]1O. The summed E-state index contributed by atoms with van der Waals surface area (Å²) in [5.41, 5.74) is 7.84. The van der Waals surface area contributed by atoms with E-state index in [9.17, 15) is 29.6 Å². The lowest BCUT2D eigenvalue weighted by atomic mass is 9.83. The molecule has 1 saturated carbocycles. The topological polar surface area (TPSA) is 195 Å². The van der Waals surface area contributed by atoms with Gasteiger partial charge in [-0.05, 0) is 49.8 Å². The second kappa shape index (κ2) is 14.0. The van der Waals surface area contributed by atoms with E-state index in [0.717, 1.165) is 0 Å². The number of nitrogens with two attached hydrogens (primary N) is 1. The van der Waals surface area contributed by atoms with Gasteiger partial charge in [0, 0.05) is 22.6 Å². The number of carbonyl (C=O) groups excluding carboxylic acids is 1. The Morgan fingerprint density at radius 1 is 1.11 bits per heavy atom. The molecule has 13 nitrogen and oxygen atoms in total. The molecule has 0 unspecified atom stereocenters. The molecule has 5 rings (SSSR count). The third-order valence-corrected chi connectivity index (χ3v) is 8.11. The van der Waals surface area contributed by atoms with Crippen molar-refractivity contribution in [3.63, 3.8) is 0 Å². The molecule has 1 amide bonds. The third-order valence-electron chi connectivity index (χ3n) is 7.87. The molecule has 244 valence electrons. The molecule has 0 radical (unpaired) electrons. The molecule has 7 N–H and O–H groups in total. The minimum Gasteiger partial charge on any atom is -0.463 e. The maximum absolute atomic E-state index is 14.0. The van der Waals surface area contributed by atoms with Gasteiger partial charge in [0.25, 0.3) is 0 Å². The summed E-state index contributed by atoms with van der Waals surface area (Å²) in [5.74, 6) is -0.821. The van der Waals surface area contributed by atoms with Gasteiger partial charge in [-0.1, -0.05) is 28.9 Å². The number of rotatable bonds is 9. The van der Waals surface area contributed by atoms with Crippen LogP contribution >= 0.6 is 11.6 Å². The standard InChI is InChI=1S/C30H35ClFN3O10/c1-13(30(40)34-23-24(37)26(39)29-28(25(23)38)41-12-42-29)7-15-3-6-21(19(33)8-15)44-22-10-20(36)27(45-22)14(2)35-43-11-16-4-5-17(31)9-18(16)32/h3-9,20,22-29,36-39H,10-12,33H2,1-2H3,(H,34,40)/t20-,22+,23+,24-,25+,26+,27+,28-,29+/m0/s1. The summed E-state index contributed by atoms with van der Waals surface area (Å²) in [6.45, 7) is 2.87. The summed E-state index contributed by atoms with van der Waals surface area (Å²) in [6, 6.07) is 7.84. The second-order valence-corrected chi connectivity index (χ2v) is 11.6. The Kier molecular flexibility index (Phi) is 10.3. The number of benzene rings is 2. The first-order valence-corrected chi connectivity index (χ1v) is 14.6. The molecule has 2 heterocycles. The summed E-state index contributed by atoms with van der Waals surface area (Å²) in [4.78, 5) is 18.1. The molecule has 15 heteroatoms. The first kappa shape index (κ1) is 33.0. The van der Waals surface area contributed by atoms with Crippen LogP contribution in [0.4, 0.5) is 10.1 Å². The molecule has 3 fully saturated rings. The van der Waals surface area contributed by atoms with Gasteiger partial charge < -0.3 is 55.3 Å². The molecule has 2 saturated heterocycles. The number of carbonyl (C=O) groups is 1. The smallest absolute Gasteiger partial charge is 0.247 e. The number of hydrogen-bond acceptors (Lipinski definition) is 12. The maximum atomic E-state index is 14.0. The van der Waals surface area contributed by atoms with E-state index in [1.807, 2.05) is 0 Å². The van der Waals surface area contributed by atoms with Gasteiger partial charge in [0.2, 0.25) is 12.2 Å². The molecule has 0 aromatic heterocycles. The van der Waals surface area contributed by atoms with Crippen LogP contribution in [-0.4, -0.2) is 93.9 Å². The van der Waals surface area contributed by atoms with Crippen LogP contribution in [0.1, 0.15) is 31.4 Å². The Morgan fingerprint density at radius 3 is 2.56 bits per heavy atom. The van der Waals surface area contributed by atoms with E-state index in [1.54, 1.807) is 38.1 Å². The lowest BCUT2D eigenvalue weighted by molar-refractivity contribution is -0.155. The Labute approximate surface area is 262 Å². The number of ether oxygens (including phenoxy) is 4. The van der Waals surface area contributed by atoms with E-state index in [4.69, 9.17) is 41.1 Å². The van der Waals surface area contributed by atoms with E-state index in [1.165, 1.54) is 18.2 Å². The van der Waals surface area contributed by atoms with Crippen molar-refractivity contribution in [1.82, 2.24) is 5.32 Å². The Balaban J connectivity index is 1.15. The van der Waals surface area contributed by atoms with Crippen molar-refractivity contribution < 1.29 is 53.4 Å². The van der Waals surface area contributed by atoms with Gasteiger partial charge in [0.15, 0.2) is 0 Å². The summed E-state index contributed by atoms with van der Waals surface area (Å²) in [7, 11) is 0. The van der Waals surface area contributed by atoms with Gasteiger partial charge in [0.05, 0.1) is 23.5 Å². The van der Waals surface area contributed by atoms with Gasteiger partial charge in [0.1, 0.15) is 61.6 Å². The van der Waals surface area contributed by atoms with E-state index in [0.29, 0.717) is 11.3 Å². The zero-order valence-electron chi connectivity index (χ0n) is 24.4. The molecule has 0 spiro atoms. The highest BCUT2D eigenvalue weighted by atomic mass is 35.5. The number of amides is 1. The average Bonchev–Trinajstić information content (AvgIpc) is 3.63. The fraction of sp³-hybridized carbons (Fsp3) is 0.467. The predicted octanol–water partition coefficient (Wildman–Crippen LogP) is 1.23. The second-order valence-electron chi connectivity index (χ2n) is 11.1. The highest BCUT2D eigenvalue weighted by molar-refractivity contribution is 6.30. The predicted molar refractivity (Wildman–Crippen MR) is 158 cm³/mol. The molecule has 3 aliphatic rings. The van der Waals surface area contributed by atoms with E-state index < -0.39 is 66.8 Å². The third kappa shape index (κ3) is 7.39. The first-order valence-electron chi connectivity index (χ1n) is 14.2. The van der Waals surface area contributed by atoms with Crippen LogP contribution in [0.15, 0.2) is 47.1 Å². The van der Waals surface area contributed by atoms with Gasteiger partial charge in [-0.15, -0.1) is 0 Å². The first-order chi connectivity index (χ1) is 21.4. The molecule has 2 aliphatic heterocycles. The summed E-state index contributed by atoms with van der Waals surface area (Å²) in [6.07, 6.45) is -6.84. The van der Waals surface area contributed by atoms with Gasteiger partial charge in [-0.25, -0.2) is 4.39 Å². The van der Waals surface area contributed by atoms with Gasteiger partial charge >= 0.3 is 0 Å². The Morgan fingerprint density at radius 2 is 1.84 bits per heavy atom. The zero-order valence-corrected chi connectivity index (χ0v) is 25.1. The number of nitrogen functional groups attached to an aromatic ring is 1. The molecule has 2 aromatic rings. The summed E-state index contributed by atoms with van der Waals surface area (Å²) < 4.78 is 36.2. The zero-order chi connectivity index (χ0) is 32.4. The van der Waals surface area contributed by atoms with Crippen LogP contribution in [0, 0.1) is 5.82 Å². The Hall–Kier alpha value is -3.34. The molecule has 2 aromatic carbocycles. The largest absolute Gasteiger partial charge is 0.463 e. The number of nitrogens with one attached hydrogen (secondary N) is 1. The van der Waals surface area contributed by atoms with Crippen LogP contribution in [0.3, 0.4) is 0 Å². The maximum Gasteiger partial charge on any atom is 0.247 e. The molecule has 9 atom stereocenters. The van der Waals surface area contributed by atoms with Crippen molar-refractivity contribution in [2.75, 3.05) is 12.5 Å². The fourth-order valence-electron chi connectivity index (χ4n) is 5.42. The number of oxime groups is 1. The highest BCUT2D eigenvalue weighted by Gasteiger charge is 2.53. The summed E-state index contributed by atoms with van der Waals surface area (Å²) in [5, 5.41) is 48.7. The molecule has 1 aliphatic carbocycles. The van der Waals surface area contributed by atoms with Crippen LogP contribution in [0.5, 0.6) is 5.75 Å². The number of aliphatic hydroxyl groups excluding tert-OH is 4. The van der Waals surface area contributed by atoms with Crippen molar-refractivity contribution in [2.45, 2.75) is 81.9 Å². The Bertz CT molecular complexity index is 1460. The average molecular weight is 652 g/mol. The van der Waals surface area contributed by atoms with Crippen molar-refractivity contribution >= 4 is 35.0 Å². The number of fused-ring (bicyclic) bond motifs is 1. The number of aliphatic hydroxyl groups is 4. The normalized spacial score (nSPS) is 31.9. The molecular weight excluding hydrogens is 617 g/mol. The minimum atomic E-state index is -1.47. The van der Waals surface area contributed by atoms with Crippen LogP contribution < -0.4 is 15.8 Å². The number of nitrogens with zero attached hydrogens (tertiary/aromatic N) is 1. The highest BCUT2D eigenvalue weighted by Crippen LogP contribution is 2.31. The molecule has 0 bridgehead atoms. The summed E-state index contributed by atoms with van der Waals surface area (Å²) >= 11 is 5.76. The van der Waals surface area contributed by atoms with Crippen molar-refractivity contribution in [2.24, 2.45) is 5.16 Å². The van der Waals surface area contributed by atoms with Crippen LogP contribution in [0.2, 0.25) is 5.02 Å². The quantitative estimate of drug-likeness (QED) is 0.0988. The number of anilines is 1. The number of halogens is 2. The van der Waals surface area contributed by atoms with Gasteiger partial charge in [-0.2, -0.15) is 0 Å². The van der Waals surface area contributed by atoms with Crippen molar-refractivity contribution in [3.05, 3.63) is 63.9 Å². The van der Waals surface area contributed by atoms with Crippen molar-refractivity contribution in [3.8, 4) is 5.75 Å². The van der Waals surface area contributed by atoms with Crippen LogP contribution in [-0.2, 0) is 30.4 Å². The lowest BCUT2D eigenvalue weighted by Gasteiger charge is -2.41. The molecule has 45 heavy (non-hydrogen) atoms. The van der Waals surface area contributed by atoms with E-state index >= 15 is 0 Å². The van der Waals surface area contributed by atoms with Crippen molar-refractivity contribution in [1.29, 1.82) is 0 Å². The van der Waals surface area contributed by atoms with Gasteiger partial charge in [-0.3, -0.25) is 4.79 Å². The lowest BCUT2D eigenvalue weighted by Crippen LogP contribution is -2.67. The van der Waals surface area contributed by atoms with E-state index in [-0.39, 0.29) is 47.4 Å². The monoisotopic (exact) mass is 651 g/mol. The molecular formula is C30H35ClFN3O10.